The summed E-state index contributed by atoms with van der Waals surface area (Å²) in [5.41, 5.74) is 0. The monoisotopic (exact) mass is 354 g/mol. The zero-order chi connectivity index (χ0) is 17.6. The summed E-state index contributed by atoms with van der Waals surface area (Å²) in [5.74, 6) is 0. The SMILES string of the molecule is C=CCOCCCCCCCCC=CCCCCCCCCO[SiH3]. The first-order valence-electron chi connectivity index (χ1n) is 10.2. The van der Waals surface area contributed by atoms with Gasteiger partial charge in [0.05, 0.1) is 6.61 Å². The molecule has 0 saturated heterocycles. The molecule has 24 heavy (non-hydrogen) atoms. The van der Waals surface area contributed by atoms with Crippen molar-refractivity contribution in [3.63, 3.8) is 0 Å². The van der Waals surface area contributed by atoms with Gasteiger partial charge in [-0.1, -0.05) is 69.6 Å². The quantitative estimate of drug-likeness (QED) is 0.163. The highest BCUT2D eigenvalue weighted by Gasteiger charge is 1.92. The molecule has 2 nitrogen and oxygen atoms in total. The summed E-state index contributed by atoms with van der Waals surface area (Å²) in [5, 5.41) is 0. The molecule has 0 aliphatic rings. The van der Waals surface area contributed by atoms with Gasteiger partial charge < -0.3 is 9.16 Å². The third kappa shape index (κ3) is 21.6. The van der Waals surface area contributed by atoms with E-state index < -0.39 is 0 Å². The molecular weight excluding hydrogens is 312 g/mol. The standard InChI is InChI=1S/C21H42O2Si/c1-2-19-22-20-17-15-13-11-9-7-5-3-4-6-8-10-12-14-16-18-21-23-24/h2-4H,1,5-21H2,24H3. The van der Waals surface area contributed by atoms with Gasteiger partial charge in [0.25, 0.3) is 0 Å². The molecule has 0 atom stereocenters. The lowest BCUT2D eigenvalue weighted by Gasteiger charge is -2.02. The molecule has 0 aliphatic carbocycles. The van der Waals surface area contributed by atoms with Gasteiger partial charge in [0, 0.05) is 13.2 Å². The minimum absolute atomic E-state index is 0.696. The van der Waals surface area contributed by atoms with E-state index >= 15 is 0 Å². The van der Waals surface area contributed by atoms with Crippen molar-refractivity contribution < 1.29 is 9.16 Å². The number of hydrogen-bond acceptors (Lipinski definition) is 2. The molecule has 142 valence electrons. The molecule has 0 radical (unpaired) electrons. The normalized spacial score (nSPS) is 11.5. The maximum absolute atomic E-state index is 5.38. The fourth-order valence-electron chi connectivity index (χ4n) is 2.79. The molecule has 0 rings (SSSR count). The Bertz CT molecular complexity index is 267. The van der Waals surface area contributed by atoms with E-state index in [2.05, 4.69) is 18.7 Å². The Labute approximate surface area is 154 Å². The third-order valence-corrected chi connectivity index (χ3v) is 4.69. The highest BCUT2D eigenvalue weighted by atomic mass is 28.2. The number of rotatable bonds is 20. The molecule has 0 unspecified atom stereocenters. The van der Waals surface area contributed by atoms with Gasteiger partial charge in [-0.3, -0.25) is 0 Å². The van der Waals surface area contributed by atoms with Crippen molar-refractivity contribution in [2.45, 2.75) is 89.9 Å². The van der Waals surface area contributed by atoms with E-state index in [0.717, 1.165) is 23.7 Å². The predicted octanol–water partition coefficient (Wildman–Crippen LogP) is 5.50. The lowest BCUT2D eigenvalue weighted by molar-refractivity contribution is 0.157. The van der Waals surface area contributed by atoms with Crippen molar-refractivity contribution in [2.24, 2.45) is 0 Å². The molecule has 0 heterocycles. The van der Waals surface area contributed by atoms with Crippen LogP contribution < -0.4 is 0 Å². The average Bonchev–Trinajstić information content (AvgIpc) is 2.60. The van der Waals surface area contributed by atoms with E-state index in [1.54, 1.807) is 0 Å². The molecule has 0 spiro atoms. The number of allylic oxidation sites excluding steroid dienone is 2. The Hall–Kier alpha value is -0.383. The average molecular weight is 355 g/mol. The maximum Gasteiger partial charge on any atom is 0.145 e. The molecule has 0 saturated carbocycles. The molecule has 3 heteroatoms. The molecule has 0 bridgehead atoms. The van der Waals surface area contributed by atoms with Gasteiger partial charge in [-0.2, -0.15) is 0 Å². The van der Waals surface area contributed by atoms with Crippen LogP contribution in [0.15, 0.2) is 24.8 Å². The van der Waals surface area contributed by atoms with Crippen LogP contribution in [0.5, 0.6) is 0 Å². The molecule has 0 aromatic carbocycles. The van der Waals surface area contributed by atoms with Crippen molar-refractivity contribution >= 4 is 10.5 Å². The van der Waals surface area contributed by atoms with Crippen LogP contribution in [-0.2, 0) is 9.16 Å². The smallest absolute Gasteiger partial charge is 0.145 e. The van der Waals surface area contributed by atoms with Crippen LogP contribution in [0.3, 0.4) is 0 Å². The topological polar surface area (TPSA) is 18.5 Å². The first-order chi connectivity index (χ1) is 11.9. The molecule has 0 N–H and O–H groups in total. The van der Waals surface area contributed by atoms with Crippen LogP contribution in [0, 0.1) is 0 Å². The van der Waals surface area contributed by atoms with Crippen LogP contribution in [-0.4, -0.2) is 30.3 Å². The van der Waals surface area contributed by atoms with Gasteiger partial charge in [-0.15, -0.1) is 6.58 Å². The molecule has 0 aromatic rings. The fourth-order valence-corrected chi connectivity index (χ4v) is 3.08. The molecule has 0 aromatic heterocycles. The van der Waals surface area contributed by atoms with E-state index in [1.807, 2.05) is 6.08 Å². The van der Waals surface area contributed by atoms with Gasteiger partial charge in [-0.05, 0) is 38.5 Å². The number of unbranched alkanes of at least 4 members (excludes halogenated alkanes) is 12. The summed E-state index contributed by atoms with van der Waals surface area (Å²) in [7, 11) is 0.895. The Morgan fingerprint density at radius 3 is 1.58 bits per heavy atom. The molecule has 0 fully saturated rings. The van der Waals surface area contributed by atoms with Gasteiger partial charge in [0.15, 0.2) is 0 Å². The van der Waals surface area contributed by atoms with Crippen molar-refractivity contribution in [2.75, 3.05) is 19.8 Å². The molecule has 0 aliphatic heterocycles. The van der Waals surface area contributed by atoms with E-state index in [0.29, 0.717) is 6.61 Å². The summed E-state index contributed by atoms with van der Waals surface area (Å²) in [4.78, 5) is 0. The zero-order valence-corrected chi connectivity index (χ0v) is 18.3. The van der Waals surface area contributed by atoms with Crippen LogP contribution in [0.4, 0.5) is 0 Å². The Balaban J connectivity index is 3.05. The summed E-state index contributed by atoms with van der Waals surface area (Å²) in [6, 6.07) is 0. The first kappa shape index (κ1) is 23.6. The number of ether oxygens (including phenoxy) is 1. The van der Waals surface area contributed by atoms with Crippen LogP contribution in [0.1, 0.15) is 89.9 Å². The predicted molar refractivity (Wildman–Crippen MR) is 111 cm³/mol. The third-order valence-electron chi connectivity index (χ3n) is 4.28. The second-order valence-electron chi connectivity index (χ2n) is 6.65. The Morgan fingerprint density at radius 2 is 1.08 bits per heavy atom. The summed E-state index contributed by atoms with van der Waals surface area (Å²) >= 11 is 0. The lowest BCUT2D eigenvalue weighted by atomic mass is 10.1. The molecule has 0 amide bonds. The summed E-state index contributed by atoms with van der Waals surface area (Å²) in [6.45, 7) is 6.22. The van der Waals surface area contributed by atoms with E-state index in [1.165, 1.54) is 89.9 Å². The summed E-state index contributed by atoms with van der Waals surface area (Å²) < 4.78 is 10.6. The van der Waals surface area contributed by atoms with Gasteiger partial charge in [-0.25, -0.2) is 0 Å². The van der Waals surface area contributed by atoms with Crippen LogP contribution >= 0.6 is 0 Å². The largest absolute Gasteiger partial charge is 0.428 e. The Morgan fingerprint density at radius 1 is 0.625 bits per heavy atom. The fraction of sp³-hybridized carbons (Fsp3) is 0.810. The highest BCUT2D eigenvalue weighted by Crippen LogP contribution is 2.10. The van der Waals surface area contributed by atoms with Gasteiger partial charge in [0.1, 0.15) is 10.5 Å². The summed E-state index contributed by atoms with van der Waals surface area (Å²) in [6.07, 6.45) is 25.2. The van der Waals surface area contributed by atoms with Crippen molar-refractivity contribution in [1.29, 1.82) is 0 Å². The Kier molecular flexibility index (Phi) is 22.3. The van der Waals surface area contributed by atoms with Crippen LogP contribution in [0.25, 0.3) is 0 Å². The minimum Gasteiger partial charge on any atom is -0.428 e. The van der Waals surface area contributed by atoms with E-state index in [-0.39, 0.29) is 0 Å². The van der Waals surface area contributed by atoms with Crippen molar-refractivity contribution in [3.05, 3.63) is 24.8 Å². The highest BCUT2D eigenvalue weighted by molar-refractivity contribution is 5.97. The van der Waals surface area contributed by atoms with Crippen molar-refractivity contribution in [3.8, 4) is 0 Å². The van der Waals surface area contributed by atoms with E-state index in [4.69, 9.17) is 9.16 Å². The first-order valence-corrected chi connectivity index (χ1v) is 11.1. The lowest BCUT2D eigenvalue weighted by Crippen LogP contribution is -1.93. The number of hydrogen-bond donors (Lipinski definition) is 0. The van der Waals surface area contributed by atoms with Gasteiger partial charge >= 0.3 is 0 Å². The van der Waals surface area contributed by atoms with Crippen molar-refractivity contribution in [1.82, 2.24) is 0 Å². The minimum atomic E-state index is 0.696. The second kappa shape index (κ2) is 22.6. The second-order valence-corrected chi connectivity index (χ2v) is 7.23. The zero-order valence-electron chi connectivity index (χ0n) is 16.3. The molecular formula is C21H42O2Si. The van der Waals surface area contributed by atoms with E-state index in [9.17, 15) is 0 Å². The maximum atomic E-state index is 5.38. The van der Waals surface area contributed by atoms with Crippen LogP contribution in [0.2, 0.25) is 0 Å². The van der Waals surface area contributed by atoms with Gasteiger partial charge in [0.2, 0.25) is 0 Å².